The summed E-state index contributed by atoms with van der Waals surface area (Å²) in [6.45, 7) is 5.54. The van der Waals surface area contributed by atoms with Gasteiger partial charge in [0.25, 0.3) is 0 Å². The highest BCUT2D eigenvalue weighted by atomic mass is 16.5. The van der Waals surface area contributed by atoms with Crippen molar-refractivity contribution in [2.24, 2.45) is 11.8 Å². The van der Waals surface area contributed by atoms with Gasteiger partial charge in [0.15, 0.2) is 5.60 Å². The summed E-state index contributed by atoms with van der Waals surface area (Å²) in [6.07, 6.45) is 3.40. The van der Waals surface area contributed by atoms with E-state index in [2.05, 4.69) is 0 Å². The summed E-state index contributed by atoms with van der Waals surface area (Å²) in [5, 5.41) is 9.98. The number of ether oxygens (including phenoxy) is 1. The van der Waals surface area contributed by atoms with Gasteiger partial charge in [0, 0.05) is 0 Å². The Morgan fingerprint density at radius 3 is 2.64 bits per heavy atom. The van der Waals surface area contributed by atoms with Crippen LogP contribution in [0.4, 0.5) is 0 Å². The number of rotatable bonds is 5. The van der Waals surface area contributed by atoms with Crippen molar-refractivity contribution in [1.29, 1.82) is 0 Å². The maximum Gasteiger partial charge on any atom is 0.338 e. The molecule has 0 aromatic heterocycles. The molecule has 0 radical (unpaired) electrons. The zero-order valence-corrected chi connectivity index (χ0v) is 9.25. The lowest BCUT2D eigenvalue weighted by Gasteiger charge is -2.27. The largest absolute Gasteiger partial charge is 0.464 e. The van der Waals surface area contributed by atoms with E-state index in [1.807, 2.05) is 6.92 Å². The first-order valence-corrected chi connectivity index (χ1v) is 5.38. The van der Waals surface area contributed by atoms with Gasteiger partial charge in [-0.1, -0.05) is 19.8 Å². The molecule has 0 heterocycles. The molecule has 0 bridgehead atoms. The molecule has 1 N–H and O–H groups in total. The smallest absolute Gasteiger partial charge is 0.338 e. The Morgan fingerprint density at radius 2 is 2.21 bits per heavy atom. The molecule has 0 aromatic carbocycles. The monoisotopic (exact) mass is 200 g/mol. The predicted molar refractivity (Wildman–Crippen MR) is 53.8 cm³/mol. The number of aliphatic hydroxyl groups is 1. The van der Waals surface area contributed by atoms with Gasteiger partial charge in [0.2, 0.25) is 0 Å². The third-order valence-electron chi connectivity index (χ3n) is 3.03. The van der Waals surface area contributed by atoms with Crippen LogP contribution in [0.25, 0.3) is 0 Å². The number of hydrogen-bond acceptors (Lipinski definition) is 3. The summed E-state index contributed by atoms with van der Waals surface area (Å²) < 4.78 is 4.84. The van der Waals surface area contributed by atoms with Crippen molar-refractivity contribution < 1.29 is 14.6 Å². The molecule has 1 aliphatic carbocycles. The van der Waals surface area contributed by atoms with E-state index >= 15 is 0 Å². The highest BCUT2D eigenvalue weighted by molar-refractivity contribution is 5.79. The van der Waals surface area contributed by atoms with Crippen LogP contribution >= 0.6 is 0 Å². The number of carbonyl (C=O) groups is 1. The fourth-order valence-corrected chi connectivity index (χ4v) is 1.56. The van der Waals surface area contributed by atoms with Crippen molar-refractivity contribution in [3.63, 3.8) is 0 Å². The normalized spacial score (nSPS) is 22.6. The number of hydrogen-bond donors (Lipinski definition) is 1. The quantitative estimate of drug-likeness (QED) is 0.687. The Kier molecular flexibility index (Phi) is 3.53. The average Bonchev–Trinajstić information content (AvgIpc) is 2.88. The van der Waals surface area contributed by atoms with E-state index in [-0.39, 0.29) is 5.92 Å². The van der Waals surface area contributed by atoms with Crippen LogP contribution in [0, 0.1) is 11.8 Å². The Morgan fingerprint density at radius 1 is 1.64 bits per heavy atom. The van der Waals surface area contributed by atoms with Crippen molar-refractivity contribution in [2.45, 2.75) is 45.6 Å². The second-order valence-corrected chi connectivity index (χ2v) is 4.45. The molecular formula is C11H20O3. The molecule has 0 amide bonds. The number of carbonyl (C=O) groups excluding carboxylic acids is 1. The summed E-state index contributed by atoms with van der Waals surface area (Å²) in [5.74, 6) is 0.202. The molecule has 1 saturated carbocycles. The van der Waals surface area contributed by atoms with Crippen LogP contribution in [-0.4, -0.2) is 23.3 Å². The van der Waals surface area contributed by atoms with E-state index in [4.69, 9.17) is 4.74 Å². The van der Waals surface area contributed by atoms with Crippen molar-refractivity contribution in [3.8, 4) is 0 Å². The molecule has 0 spiro atoms. The van der Waals surface area contributed by atoms with Gasteiger partial charge in [-0.05, 0) is 32.1 Å². The van der Waals surface area contributed by atoms with Crippen LogP contribution in [0.2, 0.25) is 0 Å². The summed E-state index contributed by atoms with van der Waals surface area (Å²) in [7, 11) is 0. The van der Waals surface area contributed by atoms with Gasteiger partial charge in [0.1, 0.15) is 0 Å². The molecule has 1 fully saturated rings. The van der Waals surface area contributed by atoms with E-state index in [1.165, 1.54) is 12.8 Å². The van der Waals surface area contributed by atoms with Gasteiger partial charge < -0.3 is 9.84 Å². The fourth-order valence-electron chi connectivity index (χ4n) is 1.56. The van der Waals surface area contributed by atoms with Crippen LogP contribution in [0.1, 0.15) is 40.0 Å². The second kappa shape index (κ2) is 4.30. The van der Waals surface area contributed by atoms with Crippen LogP contribution in [-0.2, 0) is 9.53 Å². The van der Waals surface area contributed by atoms with E-state index in [0.29, 0.717) is 12.5 Å². The highest BCUT2D eigenvalue weighted by Gasteiger charge is 2.40. The van der Waals surface area contributed by atoms with Gasteiger partial charge in [-0.25, -0.2) is 4.79 Å². The Balaban J connectivity index is 2.47. The SMILES string of the molecule is CCOC(=O)C(C)(O)C(C)CC1CC1. The molecule has 3 nitrogen and oxygen atoms in total. The third-order valence-corrected chi connectivity index (χ3v) is 3.03. The molecule has 14 heavy (non-hydrogen) atoms. The van der Waals surface area contributed by atoms with Crippen molar-refractivity contribution >= 4 is 5.97 Å². The molecule has 1 rings (SSSR count). The van der Waals surface area contributed by atoms with Crippen molar-refractivity contribution in [3.05, 3.63) is 0 Å². The summed E-state index contributed by atoms with van der Waals surface area (Å²) >= 11 is 0. The Bertz CT molecular complexity index is 207. The Hall–Kier alpha value is -0.570. The topological polar surface area (TPSA) is 46.5 Å². The third kappa shape index (κ3) is 2.71. The van der Waals surface area contributed by atoms with E-state index in [9.17, 15) is 9.90 Å². The summed E-state index contributed by atoms with van der Waals surface area (Å²) in [5.41, 5.74) is -1.32. The molecule has 3 heteroatoms. The molecule has 0 aromatic rings. The first-order chi connectivity index (χ1) is 6.48. The van der Waals surface area contributed by atoms with Gasteiger partial charge in [-0.3, -0.25) is 0 Å². The molecule has 1 aliphatic rings. The standard InChI is InChI=1S/C11H20O3/c1-4-14-10(12)11(3,13)8(2)7-9-5-6-9/h8-9,13H,4-7H2,1-3H3. The van der Waals surface area contributed by atoms with Crippen molar-refractivity contribution in [2.75, 3.05) is 6.61 Å². The van der Waals surface area contributed by atoms with Gasteiger partial charge >= 0.3 is 5.97 Å². The van der Waals surface area contributed by atoms with Crippen LogP contribution in [0.3, 0.4) is 0 Å². The maximum atomic E-state index is 11.4. The molecule has 82 valence electrons. The van der Waals surface area contributed by atoms with E-state index in [1.54, 1.807) is 13.8 Å². The van der Waals surface area contributed by atoms with Crippen LogP contribution < -0.4 is 0 Å². The van der Waals surface area contributed by atoms with Crippen molar-refractivity contribution in [1.82, 2.24) is 0 Å². The lowest BCUT2D eigenvalue weighted by molar-refractivity contribution is -0.168. The van der Waals surface area contributed by atoms with Gasteiger partial charge in [-0.2, -0.15) is 0 Å². The average molecular weight is 200 g/mol. The highest BCUT2D eigenvalue weighted by Crippen LogP contribution is 2.38. The van der Waals surface area contributed by atoms with Gasteiger partial charge in [-0.15, -0.1) is 0 Å². The van der Waals surface area contributed by atoms with E-state index < -0.39 is 11.6 Å². The molecule has 0 saturated heterocycles. The predicted octanol–water partition coefficient (Wildman–Crippen LogP) is 1.74. The first-order valence-electron chi connectivity index (χ1n) is 5.38. The number of esters is 1. The molecule has 0 aliphatic heterocycles. The van der Waals surface area contributed by atoms with Gasteiger partial charge in [0.05, 0.1) is 6.61 Å². The minimum Gasteiger partial charge on any atom is -0.464 e. The maximum absolute atomic E-state index is 11.4. The minimum absolute atomic E-state index is 0.0194. The lowest BCUT2D eigenvalue weighted by Crippen LogP contribution is -2.43. The second-order valence-electron chi connectivity index (χ2n) is 4.45. The zero-order valence-electron chi connectivity index (χ0n) is 9.25. The lowest BCUT2D eigenvalue weighted by atomic mass is 9.86. The summed E-state index contributed by atoms with van der Waals surface area (Å²) in [6, 6.07) is 0. The first kappa shape index (κ1) is 11.5. The minimum atomic E-state index is -1.32. The molecule has 2 atom stereocenters. The Labute approximate surface area is 85.5 Å². The molecular weight excluding hydrogens is 180 g/mol. The fraction of sp³-hybridized carbons (Fsp3) is 0.909. The molecule has 2 unspecified atom stereocenters. The zero-order chi connectivity index (χ0) is 10.8. The van der Waals surface area contributed by atoms with Crippen LogP contribution in [0.15, 0.2) is 0 Å². The van der Waals surface area contributed by atoms with Crippen LogP contribution in [0.5, 0.6) is 0 Å². The van der Waals surface area contributed by atoms with E-state index in [0.717, 1.165) is 6.42 Å². The summed E-state index contributed by atoms with van der Waals surface area (Å²) in [4.78, 5) is 11.4.